The molecule has 0 atom stereocenters. The average molecular weight is 302 g/mol. The second-order valence-corrected chi connectivity index (χ2v) is 5.09. The predicted octanol–water partition coefficient (Wildman–Crippen LogP) is 4.33. The van der Waals surface area contributed by atoms with Gasteiger partial charge in [0.25, 0.3) is 0 Å². The summed E-state index contributed by atoms with van der Waals surface area (Å²) in [6, 6.07) is 3.35. The van der Waals surface area contributed by atoms with Crippen molar-refractivity contribution in [2.24, 2.45) is 0 Å². The zero-order valence-electron chi connectivity index (χ0n) is 9.44. The fourth-order valence-corrected chi connectivity index (χ4v) is 2.54. The van der Waals surface area contributed by atoms with E-state index in [2.05, 4.69) is 4.98 Å². The van der Waals surface area contributed by atoms with Gasteiger partial charge in [-0.2, -0.15) is 0 Å². The van der Waals surface area contributed by atoms with Crippen molar-refractivity contribution in [2.75, 3.05) is 6.61 Å². The summed E-state index contributed by atoms with van der Waals surface area (Å²) in [6.07, 6.45) is 0.707. The molecule has 0 fully saturated rings. The van der Waals surface area contributed by atoms with Crippen LogP contribution in [0.3, 0.4) is 0 Å². The summed E-state index contributed by atoms with van der Waals surface area (Å²) >= 11 is 13.5. The van der Waals surface area contributed by atoms with Crippen molar-refractivity contribution in [3.8, 4) is 17.0 Å². The number of hydrogen-bond acceptors (Lipinski definition) is 4. The lowest BCUT2D eigenvalue weighted by molar-refractivity contribution is 0.112. The minimum atomic E-state index is 0.408. The molecule has 1 aromatic carbocycles. The molecule has 0 saturated heterocycles. The summed E-state index contributed by atoms with van der Waals surface area (Å²) in [4.78, 5) is 14.8. The summed E-state index contributed by atoms with van der Waals surface area (Å²) in [5, 5.41) is 3.13. The smallest absolute Gasteiger partial charge is 0.178 e. The quantitative estimate of drug-likeness (QED) is 0.789. The van der Waals surface area contributed by atoms with Gasteiger partial charge in [-0.05, 0) is 13.0 Å². The molecule has 0 amide bonds. The van der Waals surface area contributed by atoms with Crippen molar-refractivity contribution in [1.82, 2.24) is 4.98 Å². The molecule has 0 spiro atoms. The summed E-state index contributed by atoms with van der Waals surface area (Å²) in [6.45, 7) is 2.39. The van der Waals surface area contributed by atoms with Crippen molar-refractivity contribution in [3.05, 3.63) is 32.6 Å². The maximum absolute atomic E-state index is 10.6. The summed E-state index contributed by atoms with van der Waals surface area (Å²) in [7, 11) is 0. The lowest BCUT2D eigenvalue weighted by Gasteiger charge is -2.08. The fourth-order valence-electron chi connectivity index (χ4n) is 1.46. The Morgan fingerprint density at radius 3 is 2.78 bits per heavy atom. The maximum atomic E-state index is 10.6. The maximum Gasteiger partial charge on any atom is 0.178 e. The van der Waals surface area contributed by atoms with Gasteiger partial charge in [-0.3, -0.25) is 4.79 Å². The summed E-state index contributed by atoms with van der Waals surface area (Å²) in [5.74, 6) is 0.541. The van der Waals surface area contributed by atoms with Gasteiger partial charge < -0.3 is 4.74 Å². The number of rotatable bonds is 4. The van der Waals surface area contributed by atoms with Gasteiger partial charge in [0, 0.05) is 17.0 Å². The third-order valence-corrected chi connectivity index (χ3v) is 3.60. The Kier molecular flexibility index (Phi) is 4.22. The highest BCUT2D eigenvalue weighted by Gasteiger charge is 2.12. The molecule has 0 radical (unpaired) electrons. The van der Waals surface area contributed by atoms with Gasteiger partial charge >= 0.3 is 0 Å². The first-order valence-corrected chi connectivity index (χ1v) is 6.82. The van der Waals surface area contributed by atoms with E-state index in [1.165, 1.54) is 11.3 Å². The first-order valence-electron chi connectivity index (χ1n) is 5.18. The van der Waals surface area contributed by atoms with E-state index in [4.69, 9.17) is 27.9 Å². The summed E-state index contributed by atoms with van der Waals surface area (Å²) < 4.78 is 5.34. The molecule has 0 bridgehead atoms. The van der Waals surface area contributed by atoms with Crippen LogP contribution in [0.15, 0.2) is 17.5 Å². The van der Waals surface area contributed by atoms with Gasteiger partial charge in [0.2, 0.25) is 0 Å². The number of ether oxygens (including phenoxy) is 1. The molecule has 2 rings (SSSR count). The van der Waals surface area contributed by atoms with Crippen LogP contribution in [0.25, 0.3) is 11.3 Å². The monoisotopic (exact) mass is 301 g/mol. The van der Waals surface area contributed by atoms with E-state index in [-0.39, 0.29) is 0 Å². The molecule has 1 aromatic heterocycles. The molecule has 2 aromatic rings. The van der Waals surface area contributed by atoms with E-state index in [0.29, 0.717) is 45.0 Å². The number of carbonyl (C=O) groups excluding carboxylic acids is 1. The van der Waals surface area contributed by atoms with Crippen LogP contribution < -0.4 is 4.74 Å². The Hall–Kier alpha value is -1.10. The SMILES string of the molecule is CCOc1cc(Cl)c(-c2csc(C=O)n2)cc1Cl. The van der Waals surface area contributed by atoms with Gasteiger partial charge in [0.1, 0.15) is 5.75 Å². The fraction of sp³-hybridized carbons (Fsp3) is 0.167. The zero-order valence-corrected chi connectivity index (χ0v) is 11.8. The first-order chi connectivity index (χ1) is 8.65. The van der Waals surface area contributed by atoms with Crippen LogP contribution in [0.5, 0.6) is 5.75 Å². The molecular weight excluding hydrogens is 293 g/mol. The van der Waals surface area contributed by atoms with Crippen LogP contribution in [0, 0.1) is 0 Å². The van der Waals surface area contributed by atoms with Gasteiger partial charge in [0.05, 0.1) is 22.3 Å². The molecule has 1 heterocycles. The van der Waals surface area contributed by atoms with Crippen molar-refractivity contribution in [2.45, 2.75) is 6.92 Å². The highest BCUT2D eigenvalue weighted by Crippen LogP contribution is 2.36. The third kappa shape index (κ3) is 2.66. The number of halogens is 2. The number of carbonyl (C=O) groups is 1. The lowest BCUT2D eigenvalue weighted by Crippen LogP contribution is -1.93. The second-order valence-electron chi connectivity index (χ2n) is 3.38. The van der Waals surface area contributed by atoms with E-state index in [0.717, 1.165) is 0 Å². The zero-order chi connectivity index (χ0) is 13.1. The Morgan fingerprint density at radius 2 is 2.17 bits per heavy atom. The Balaban J connectivity index is 2.45. The molecule has 0 unspecified atom stereocenters. The number of hydrogen-bond donors (Lipinski definition) is 0. The van der Waals surface area contributed by atoms with E-state index in [9.17, 15) is 4.79 Å². The van der Waals surface area contributed by atoms with Crippen LogP contribution in [0.2, 0.25) is 10.0 Å². The minimum Gasteiger partial charge on any atom is -0.492 e. The van der Waals surface area contributed by atoms with E-state index >= 15 is 0 Å². The Labute approximate surface area is 118 Å². The highest BCUT2D eigenvalue weighted by atomic mass is 35.5. The van der Waals surface area contributed by atoms with Gasteiger partial charge in [-0.25, -0.2) is 4.98 Å². The average Bonchev–Trinajstić information content (AvgIpc) is 2.82. The number of aromatic nitrogens is 1. The number of thiazole rings is 1. The molecule has 0 aliphatic rings. The summed E-state index contributed by atoms with van der Waals surface area (Å²) in [5.41, 5.74) is 1.33. The minimum absolute atomic E-state index is 0.408. The number of nitrogens with zero attached hydrogens (tertiary/aromatic N) is 1. The standard InChI is InChI=1S/C12H9Cl2NO2S/c1-2-17-11-4-8(13)7(3-9(11)14)10-6-18-12(5-16)15-10/h3-6H,2H2,1H3. The molecule has 0 aliphatic heterocycles. The van der Waals surface area contributed by atoms with Crippen LogP contribution in [0.4, 0.5) is 0 Å². The van der Waals surface area contributed by atoms with Crippen molar-refractivity contribution in [3.63, 3.8) is 0 Å². The molecule has 0 saturated carbocycles. The second kappa shape index (κ2) is 5.69. The van der Waals surface area contributed by atoms with Crippen molar-refractivity contribution < 1.29 is 9.53 Å². The van der Waals surface area contributed by atoms with Crippen LogP contribution in [-0.2, 0) is 0 Å². The van der Waals surface area contributed by atoms with Crippen molar-refractivity contribution >= 4 is 40.8 Å². The Bertz CT molecular complexity index is 583. The van der Waals surface area contributed by atoms with E-state index in [1.54, 1.807) is 17.5 Å². The normalized spacial score (nSPS) is 10.4. The molecular formula is C12H9Cl2NO2S. The van der Waals surface area contributed by atoms with Crippen LogP contribution in [-0.4, -0.2) is 17.9 Å². The van der Waals surface area contributed by atoms with Gasteiger partial charge in [0.15, 0.2) is 11.3 Å². The van der Waals surface area contributed by atoms with Gasteiger partial charge in [-0.15, -0.1) is 11.3 Å². The van der Waals surface area contributed by atoms with Gasteiger partial charge in [-0.1, -0.05) is 23.2 Å². The number of benzene rings is 1. The predicted molar refractivity (Wildman–Crippen MR) is 74.1 cm³/mol. The topological polar surface area (TPSA) is 39.2 Å². The largest absolute Gasteiger partial charge is 0.492 e. The molecule has 0 N–H and O–H groups in total. The van der Waals surface area contributed by atoms with E-state index < -0.39 is 0 Å². The molecule has 3 nitrogen and oxygen atoms in total. The van der Waals surface area contributed by atoms with Crippen LogP contribution >= 0.6 is 34.5 Å². The molecule has 94 valence electrons. The first kappa shape index (κ1) is 13.3. The van der Waals surface area contributed by atoms with Crippen LogP contribution in [0.1, 0.15) is 16.7 Å². The molecule has 18 heavy (non-hydrogen) atoms. The number of aldehydes is 1. The lowest BCUT2D eigenvalue weighted by atomic mass is 10.1. The highest BCUT2D eigenvalue weighted by molar-refractivity contribution is 7.11. The van der Waals surface area contributed by atoms with Crippen molar-refractivity contribution in [1.29, 1.82) is 0 Å². The molecule has 0 aliphatic carbocycles. The molecule has 6 heteroatoms. The van der Waals surface area contributed by atoms with E-state index in [1.807, 2.05) is 6.92 Å². The Morgan fingerprint density at radius 1 is 1.39 bits per heavy atom. The third-order valence-electron chi connectivity index (χ3n) is 2.22.